The van der Waals surface area contributed by atoms with E-state index in [9.17, 15) is 41.0 Å². The van der Waals surface area contributed by atoms with Crippen molar-refractivity contribution in [1.82, 2.24) is 0 Å². The summed E-state index contributed by atoms with van der Waals surface area (Å²) < 4.78 is 21.8. The third kappa shape index (κ3) is 4.38. The number of nitrogens with zero attached hydrogens (tertiary/aromatic N) is 1. The number of hydrogen-bond acceptors (Lipinski definition) is 12. The van der Waals surface area contributed by atoms with Crippen LogP contribution in [0.5, 0.6) is 0 Å². The van der Waals surface area contributed by atoms with Crippen LogP contribution in [0.4, 0.5) is 0 Å². The van der Waals surface area contributed by atoms with E-state index in [4.69, 9.17) is 18.9 Å². The first kappa shape index (κ1) is 23.5. The summed E-state index contributed by atoms with van der Waals surface area (Å²) in [4.78, 5) is 0. The Hall–Kier alpha value is -1.21. The second kappa shape index (κ2) is 9.11. The number of aliphatic hydroxyl groups excluding tert-OH is 7. The summed E-state index contributed by atoms with van der Waals surface area (Å²) in [5, 5.41) is 78.5. The van der Waals surface area contributed by atoms with Crippen LogP contribution < -0.4 is 0 Å². The minimum absolute atomic E-state index is 0.0991. The first-order valence-corrected chi connectivity index (χ1v) is 9.56. The fourth-order valence-corrected chi connectivity index (χ4v) is 3.66. The lowest BCUT2D eigenvalue weighted by molar-refractivity contribution is -0.319. The molecule has 0 aromatic heterocycles. The van der Waals surface area contributed by atoms with Crippen molar-refractivity contribution in [2.45, 2.75) is 86.5 Å². The molecule has 1 aliphatic carbocycles. The van der Waals surface area contributed by atoms with Crippen LogP contribution in [0.1, 0.15) is 13.3 Å². The number of ether oxygens (including phenoxy) is 4. The molecular weight excluding hydrogens is 406 g/mol. The molecule has 3 aliphatic rings. The molecule has 30 heavy (non-hydrogen) atoms. The molecule has 0 amide bonds. The maximum Gasteiger partial charge on any atom is 0.189 e. The van der Waals surface area contributed by atoms with Gasteiger partial charge in [-0.05, 0) is 13.0 Å². The number of hydrogen-bond donors (Lipinski definition) is 7. The Balaban J connectivity index is 1.65. The quantitative estimate of drug-likeness (QED) is 0.209. The second-order valence-electron chi connectivity index (χ2n) is 7.74. The molecule has 3 rings (SSSR count). The Morgan fingerprint density at radius 3 is 2.23 bits per heavy atom. The number of aliphatic hydroxyl groups is 7. The van der Waals surface area contributed by atoms with Crippen molar-refractivity contribution < 1.29 is 54.7 Å². The fraction of sp³-hybridized carbons (Fsp3) is 0.833. The van der Waals surface area contributed by atoms with Crippen LogP contribution in [0.15, 0.2) is 12.2 Å². The molecule has 170 valence electrons. The Labute approximate surface area is 172 Å². The van der Waals surface area contributed by atoms with E-state index in [0.29, 0.717) is 0 Å². The molecule has 2 aliphatic heterocycles. The molecule has 7 N–H and O–H groups in total. The van der Waals surface area contributed by atoms with Crippen LogP contribution in [0, 0.1) is 11.3 Å². The van der Waals surface area contributed by atoms with Gasteiger partial charge in [-0.3, -0.25) is 0 Å². The Bertz CT molecular complexity index is 669. The largest absolute Gasteiger partial charge is 0.394 e. The van der Waals surface area contributed by atoms with E-state index in [2.05, 4.69) is 0 Å². The van der Waals surface area contributed by atoms with Crippen LogP contribution in [-0.4, -0.2) is 115 Å². The highest BCUT2D eigenvalue weighted by Crippen LogP contribution is 2.35. The third-order valence-electron chi connectivity index (χ3n) is 5.57. The van der Waals surface area contributed by atoms with E-state index < -0.39 is 79.7 Å². The predicted molar refractivity (Wildman–Crippen MR) is 94.2 cm³/mol. The minimum atomic E-state index is -1.68. The van der Waals surface area contributed by atoms with Gasteiger partial charge < -0.3 is 54.7 Å². The molecule has 2 fully saturated rings. The topological polar surface area (TPSA) is 202 Å². The summed E-state index contributed by atoms with van der Waals surface area (Å²) in [6.07, 6.45) is -12.0. The zero-order valence-electron chi connectivity index (χ0n) is 16.1. The summed E-state index contributed by atoms with van der Waals surface area (Å²) in [5.74, 6) is 0. The van der Waals surface area contributed by atoms with Gasteiger partial charge >= 0.3 is 0 Å². The lowest BCUT2D eigenvalue weighted by Crippen LogP contribution is -2.60. The molecule has 12 atom stereocenters. The van der Waals surface area contributed by atoms with Crippen molar-refractivity contribution in [3.63, 3.8) is 0 Å². The van der Waals surface area contributed by atoms with E-state index in [-0.39, 0.29) is 6.42 Å². The monoisotopic (exact) mass is 433 g/mol. The van der Waals surface area contributed by atoms with Crippen LogP contribution in [-0.2, 0) is 18.9 Å². The molecule has 0 spiro atoms. The van der Waals surface area contributed by atoms with Crippen LogP contribution in [0.25, 0.3) is 0 Å². The maximum absolute atomic E-state index is 10.1. The van der Waals surface area contributed by atoms with E-state index in [1.807, 2.05) is 6.07 Å². The first-order chi connectivity index (χ1) is 14.1. The van der Waals surface area contributed by atoms with Gasteiger partial charge in [0.15, 0.2) is 18.2 Å². The van der Waals surface area contributed by atoms with Gasteiger partial charge in [-0.15, -0.1) is 0 Å². The van der Waals surface area contributed by atoms with Crippen molar-refractivity contribution in [3.05, 3.63) is 12.2 Å². The Morgan fingerprint density at radius 2 is 1.60 bits per heavy atom. The minimum Gasteiger partial charge on any atom is -0.394 e. The van der Waals surface area contributed by atoms with E-state index >= 15 is 0 Å². The van der Waals surface area contributed by atoms with Gasteiger partial charge in [0.05, 0.1) is 18.8 Å². The van der Waals surface area contributed by atoms with Crippen molar-refractivity contribution in [3.8, 4) is 6.07 Å². The highest BCUT2D eigenvalue weighted by Gasteiger charge is 2.50. The van der Waals surface area contributed by atoms with Gasteiger partial charge in [-0.2, -0.15) is 5.26 Å². The highest BCUT2D eigenvalue weighted by molar-refractivity contribution is 5.25. The van der Waals surface area contributed by atoms with Gasteiger partial charge in [-0.25, -0.2) is 0 Å². The molecule has 2 saturated heterocycles. The van der Waals surface area contributed by atoms with E-state index in [1.54, 1.807) is 0 Å². The van der Waals surface area contributed by atoms with Crippen molar-refractivity contribution >= 4 is 0 Å². The van der Waals surface area contributed by atoms with Crippen LogP contribution in [0.3, 0.4) is 0 Å². The summed E-state index contributed by atoms with van der Waals surface area (Å²) in [7, 11) is 0. The van der Waals surface area contributed by atoms with Crippen LogP contribution >= 0.6 is 0 Å². The lowest BCUT2D eigenvalue weighted by Gasteiger charge is -2.42. The summed E-state index contributed by atoms with van der Waals surface area (Å²) in [5.41, 5.74) is -1.64. The second-order valence-corrected chi connectivity index (χ2v) is 7.74. The summed E-state index contributed by atoms with van der Waals surface area (Å²) in [6.45, 7) is 0.859. The maximum atomic E-state index is 10.1. The van der Waals surface area contributed by atoms with Gasteiger partial charge in [-0.1, -0.05) is 6.08 Å². The van der Waals surface area contributed by atoms with Crippen molar-refractivity contribution in [2.24, 2.45) is 0 Å². The number of nitriles is 1. The molecule has 12 heteroatoms. The van der Waals surface area contributed by atoms with Gasteiger partial charge in [0, 0.05) is 6.42 Å². The molecule has 0 unspecified atom stereocenters. The first-order valence-electron chi connectivity index (χ1n) is 9.56. The van der Waals surface area contributed by atoms with Gasteiger partial charge in [0.1, 0.15) is 48.8 Å². The van der Waals surface area contributed by atoms with E-state index in [0.717, 1.165) is 0 Å². The molecule has 0 aromatic carbocycles. The molecule has 2 heterocycles. The van der Waals surface area contributed by atoms with E-state index in [1.165, 1.54) is 19.1 Å². The molecule has 0 aromatic rings. The average molecular weight is 433 g/mol. The SMILES string of the molecule is C[C@@H]1O[C@@H](O[C@@H]2C=C[C@](C#N)(O[C@@H]3O[C@H](CO)[C@@H](O)[C@H](O)[C@H]3O)C2)[C@H](O)[C@H](O)[C@H]1O. The van der Waals surface area contributed by atoms with Crippen molar-refractivity contribution in [2.75, 3.05) is 6.61 Å². The normalized spacial score (nSPS) is 51.6. The zero-order valence-corrected chi connectivity index (χ0v) is 16.1. The molecular formula is C18H27NO11. The van der Waals surface area contributed by atoms with Gasteiger partial charge in [0.25, 0.3) is 0 Å². The Morgan fingerprint density at radius 1 is 0.967 bits per heavy atom. The molecule has 12 nitrogen and oxygen atoms in total. The highest BCUT2D eigenvalue weighted by atomic mass is 16.7. The smallest absolute Gasteiger partial charge is 0.189 e. The molecule has 0 bridgehead atoms. The predicted octanol–water partition coefficient (Wildman–Crippen LogP) is -3.76. The van der Waals surface area contributed by atoms with Gasteiger partial charge in [0.2, 0.25) is 0 Å². The Kier molecular flexibility index (Phi) is 7.12. The fourth-order valence-electron chi connectivity index (χ4n) is 3.66. The average Bonchev–Trinajstić information content (AvgIpc) is 3.14. The third-order valence-corrected chi connectivity index (χ3v) is 5.57. The number of rotatable bonds is 5. The lowest BCUT2D eigenvalue weighted by atomic mass is 9.98. The zero-order chi connectivity index (χ0) is 22.2. The van der Waals surface area contributed by atoms with Crippen LogP contribution in [0.2, 0.25) is 0 Å². The standard InChI is InChI=1S/C18H27NO11/c1-7-10(21)12(23)14(25)16(27-7)28-8-2-3-18(4-8,6-19)30-17-15(26)13(24)11(22)9(5-20)29-17/h2-3,7-17,20-26H,4-5H2,1H3/t7-,8+,9+,10-,11+,12+,13-,14+,15+,16-,17-,18-/m0/s1. The van der Waals surface area contributed by atoms with Crippen molar-refractivity contribution in [1.29, 1.82) is 5.26 Å². The molecule has 0 saturated carbocycles. The molecule has 0 radical (unpaired) electrons. The summed E-state index contributed by atoms with van der Waals surface area (Å²) in [6, 6.07) is 1.93. The summed E-state index contributed by atoms with van der Waals surface area (Å²) >= 11 is 0.